The highest BCUT2D eigenvalue weighted by atomic mass is 32.1. The van der Waals surface area contributed by atoms with E-state index >= 15 is 0 Å². The Kier molecular flexibility index (Phi) is 8.56. The third kappa shape index (κ3) is 6.87. The summed E-state index contributed by atoms with van der Waals surface area (Å²) in [6.45, 7) is 2.31. The van der Waals surface area contributed by atoms with E-state index in [2.05, 4.69) is 6.92 Å². The number of hydrogen-bond donors (Lipinski definition) is 0. The minimum absolute atomic E-state index is 0.0765. The molecule has 0 aliphatic rings. The summed E-state index contributed by atoms with van der Waals surface area (Å²) in [4.78, 5) is 1.08. The third-order valence-corrected chi connectivity index (χ3v) is 5.23. The number of alkyl halides is 2. The fourth-order valence-corrected chi connectivity index (χ4v) is 3.52. The predicted octanol–water partition coefficient (Wildman–Crippen LogP) is 7.62. The number of rotatable bonds is 12. The molecule has 1 aromatic heterocycles. The topological polar surface area (TPSA) is 9.23 Å². The Morgan fingerprint density at radius 1 is 0.880 bits per heavy atom. The summed E-state index contributed by atoms with van der Waals surface area (Å²) in [5.41, 5.74) is 0.880. The van der Waals surface area contributed by atoms with Gasteiger partial charge in [0.15, 0.2) is 0 Å². The first-order valence-electron chi connectivity index (χ1n) is 9.29. The number of thiophene rings is 1. The smallest absolute Gasteiger partial charge is 0.317 e. The van der Waals surface area contributed by atoms with Crippen LogP contribution in [0.1, 0.15) is 63.9 Å². The van der Waals surface area contributed by atoms with Crippen molar-refractivity contribution in [3.05, 3.63) is 47.3 Å². The third-order valence-electron chi connectivity index (χ3n) is 4.31. The van der Waals surface area contributed by atoms with Crippen LogP contribution in [-0.4, -0.2) is 6.61 Å². The van der Waals surface area contributed by atoms with Crippen LogP contribution in [0.15, 0.2) is 41.8 Å². The van der Waals surface area contributed by atoms with Crippen molar-refractivity contribution < 1.29 is 13.5 Å². The van der Waals surface area contributed by atoms with Crippen LogP contribution in [0.3, 0.4) is 0 Å². The molecule has 1 aromatic carbocycles. The second-order valence-corrected chi connectivity index (χ2v) is 7.34. The quantitative estimate of drug-likeness (QED) is 0.351. The standard InChI is InChI=1S/C21H28F2OS/c1-2-3-4-5-6-7-8-9-16-24-21(22,23)19-14-12-18(13-15-19)20-11-10-17-25-20/h10-15,17H,2-9,16H2,1H3. The van der Waals surface area contributed by atoms with Gasteiger partial charge >= 0.3 is 6.11 Å². The second-order valence-electron chi connectivity index (χ2n) is 6.39. The van der Waals surface area contributed by atoms with Crippen LogP contribution in [0.2, 0.25) is 0 Å². The van der Waals surface area contributed by atoms with Gasteiger partial charge in [-0.25, -0.2) is 0 Å². The lowest BCUT2D eigenvalue weighted by Crippen LogP contribution is -2.18. The Hall–Kier alpha value is -1.26. The maximum absolute atomic E-state index is 14.1. The minimum Gasteiger partial charge on any atom is -0.317 e. The van der Waals surface area contributed by atoms with Crippen molar-refractivity contribution in [2.75, 3.05) is 6.61 Å². The van der Waals surface area contributed by atoms with Gasteiger partial charge in [0.25, 0.3) is 0 Å². The number of benzene rings is 1. The summed E-state index contributed by atoms with van der Waals surface area (Å²) < 4.78 is 33.1. The summed E-state index contributed by atoms with van der Waals surface area (Å²) in [7, 11) is 0. The Labute approximate surface area is 154 Å². The lowest BCUT2D eigenvalue weighted by atomic mass is 10.1. The maximum Gasteiger partial charge on any atom is 0.383 e. The van der Waals surface area contributed by atoms with E-state index in [0.29, 0.717) is 6.42 Å². The van der Waals surface area contributed by atoms with Crippen molar-refractivity contribution in [3.8, 4) is 10.4 Å². The lowest BCUT2D eigenvalue weighted by molar-refractivity contribution is -0.249. The zero-order valence-corrected chi connectivity index (χ0v) is 15.8. The molecule has 1 nitrogen and oxygen atoms in total. The van der Waals surface area contributed by atoms with E-state index in [4.69, 9.17) is 4.74 Å². The van der Waals surface area contributed by atoms with E-state index in [1.807, 2.05) is 17.5 Å². The zero-order valence-electron chi connectivity index (χ0n) is 15.0. The highest BCUT2D eigenvalue weighted by molar-refractivity contribution is 7.13. The van der Waals surface area contributed by atoms with Crippen LogP contribution in [0, 0.1) is 0 Å². The van der Waals surface area contributed by atoms with Gasteiger partial charge in [-0.1, -0.05) is 70.1 Å². The van der Waals surface area contributed by atoms with E-state index < -0.39 is 6.11 Å². The molecule has 0 aliphatic heterocycles. The number of unbranched alkanes of at least 4 members (excludes halogenated alkanes) is 7. The fourth-order valence-electron chi connectivity index (χ4n) is 2.79. The second kappa shape index (κ2) is 10.7. The molecule has 1 heterocycles. The predicted molar refractivity (Wildman–Crippen MR) is 102 cm³/mol. The molecule has 0 saturated heterocycles. The minimum atomic E-state index is -3.21. The van der Waals surface area contributed by atoms with Crippen LogP contribution in [0.5, 0.6) is 0 Å². The Bertz CT molecular complexity index is 578. The molecule has 0 aliphatic carbocycles. The molecule has 138 valence electrons. The monoisotopic (exact) mass is 366 g/mol. The van der Waals surface area contributed by atoms with Crippen molar-refractivity contribution in [1.29, 1.82) is 0 Å². The molecule has 0 unspecified atom stereocenters. The van der Waals surface area contributed by atoms with E-state index in [0.717, 1.165) is 23.3 Å². The SMILES string of the molecule is CCCCCCCCCCOC(F)(F)c1ccc(-c2cccs2)cc1. The van der Waals surface area contributed by atoms with E-state index in [1.165, 1.54) is 44.2 Å². The summed E-state index contributed by atoms with van der Waals surface area (Å²) in [5, 5.41) is 1.98. The van der Waals surface area contributed by atoms with E-state index in [1.54, 1.807) is 23.5 Å². The van der Waals surface area contributed by atoms with Crippen molar-refractivity contribution >= 4 is 11.3 Å². The molecule has 2 rings (SSSR count). The van der Waals surface area contributed by atoms with Gasteiger partial charge in [0.2, 0.25) is 0 Å². The van der Waals surface area contributed by atoms with Gasteiger partial charge in [-0.15, -0.1) is 11.3 Å². The summed E-state index contributed by atoms with van der Waals surface area (Å²) >= 11 is 1.60. The number of halogens is 2. The highest BCUT2D eigenvalue weighted by Gasteiger charge is 2.32. The zero-order chi connectivity index (χ0) is 18.0. The van der Waals surface area contributed by atoms with Gasteiger partial charge in [-0.3, -0.25) is 0 Å². The number of ether oxygens (including phenoxy) is 1. The van der Waals surface area contributed by atoms with E-state index in [-0.39, 0.29) is 12.2 Å². The molecular formula is C21H28F2OS. The molecular weight excluding hydrogens is 338 g/mol. The molecule has 0 N–H and O–H groups in total. The van der Waals surface area contributed by atoms with Crippen LogP contribution >= 0.6 is 11.3 Å². The summed E-state index contributed by atoms with van der Waals surface area (Å²) in [6.07, 6.45) is 5.81. The van der Waals surface area contributed by atoms with Crippen LogP contribution < -0.4 is 0 Å². The highest BCUT2D eigenvalue weighted by Crippen LogP contribution is 2.32. The largest absolute Gasteiger partial charge is 0.383 e. The fraction of sp³-hybridized carbons (Fsp3) is 0.524. The molecule has 0 fully saturated rings. The van der Waals surface area contributed by atoms with Gasteiger partial charge in [0.05, 0.1) is 12.2 Å². The van der Waals surface area contributed by atoms with Crippen LogP contribution in [0.25, 0.3) is 10.4 Å². The van der Waals surface area contributed by atoms with Crippen LogP contribution in [0.4, 0.5) is 8.78 Å². The van der Waals surface area contributed by atoms with Crippen LogP contribution in [-0.2, 0) is 10.8 Å². The normalized spacial score (nSPS) is 11.8. The van der Waals surface area contributed by atoms with Crippen molar-refractivity contribution in [3.63, 3.8) is 0 Å². The van der Waals surface area contributed by atoms with E-state index in [9.17, 15) is 8.78 Å². The Balaban J connectivity index is 1.68. The first-order valence-corrected chi connectivity index (χ1v) is 10.2. The average molecular weight is 367 g/mol. The molecule has 0 spiro atoms. The molecule has 2 aromatic rings. The van der Waals surface area contributed by atoms with Gasteiger partial charge in [0, 0.05) is 4.88 Å². The van der Waals surface area contributed by atoms with Gasteiger partial charge in [-0.2, -0.15) is 8.78 Å². The van der Waals surface area contributed by atoms with Gasteiger partial charge < -0.3 is 4.74 Å². The molecule has 0 radical (unpaired) electrons. The van der Waals surface area contributed by atoms with Crippen molar-refractivity contribution in [2.45, 2.75) is 64.4 Å². The summed E-state index contributed by atoms with van der Waals surface area (Å²) in [6, 6.07) is 10.3. The molecule has 0 amide bonds. The first-order chi connectivity index (χ1) is 12.1. The molecule has 0 saturated carbocycles. The van der Waals surface area contributed by atoms with Crippen molar-refractivity contribution in [2.24, 2.45) is 0 Å². The average Bonchev–Trinajstić information content (AvgIpc) is 3.15. The lowest BCUT2D eigenvalue weighted by Gasteiger charge is -2.17. The van der Waals surface area contributed by atoms with Gasteiger partial charge in [0.1, 0.15) is 0 Å². The Morgan fingerprint density at radius 2 is 1.52 bits per heavy atom. The molecule has 0 atom stereocenters. The molecule has 4 heteroatoms. The maximum atomic E-state index is 14.1. The Morgan fingerprint density at radius 3 is 2.12 bits per heavy atom. The van der Waals surface area contributed by atoms with Gasteiger partial charge in [-0.05, 0) is 35.6 Å². The molecule has 0 bridgehead atoms. The summed E-state index contributed by atoms with van der Waals surface area (Å²) in [5.74, 6) is 0. The first kappa shape index (κ1) is 20.1. The number of hydrogen-bond acceptors (Lipinski definition) is 2. The molecule has 25 heavy (non-hydrogen) atoms. The van der Waals surface area contributed by atoms with Crippen molar-refractivity contribution in [1.82, 2.24) is 0 Å².